The van der Waals surface area contributed by atoms with Gasteiger partial charge in [-0.3, -0.25) is 0 Å². The summed E-state index contributed by atoms with van der Waals surface area (Å²) >= 11 is 1.93. The van der Waals surface area contributed by atoms with Crippen LogP contribution in [0, 0.1) is 3.57 Å². The maximum atomic E-state index is 12.4. The second-order valence-electron chi connectivity index (χ2n) is 3.85. The van der Waals surface area contributed by atoms with Gasteiger partial charge >= 0.3 is 6.18 Å². The smallest absolute Gasteiger partial charge is 0.383 e. The summed E-state index contributed by atoms with van der Waals surface area (Å²) in [4.78, 5) is 7.65. The van der Waals surface area contributed by atoms with E-state index in [0.29, 0.717) is 14.8 Å². The molecule has 2 aromatic rings. The summed E-state index contributed by atoms with van der Waals surface area (Å²) in [6, 6.07) is 8.92. The van der Waals surface area contributed by atoms with E-state index in [2.05, 4.69) is 9.97 Å². The number of nitrogens with zero attached hydrogens (tertiary/aromatic N) is 2. The van der Waals surface area contributed by atoms with Gasteiger partial charge in [0.1, 0.15) is 18.1 Å². The second kappa shape index (κ2) is 5.32. The highest BCUT2D eigenvalue weighted by Gasteiger charge is 2.30. The molecule has 0 aliphatic rings. The van der Waals surface area contributed by atoms with Gasteiger partial charge in [-0.1, -0.05) is 30.3 Å². The van der Waals surface area contributed by atoms with Crippen LogP contribution in [0.1, 0.15) is 5.82 Å². The van der Waals surface area contributed by atoms with Crippen molar-refractivity contribution in [3.63, 3.8) is 0 Å². The van der Waals surface area contributed by atoms with Gasteiger partial charge in [0.15, 0.2) is 0 Å². The molecule has 1 heterocycles. The van der Waals surface area contributed by atoms with Crippen molar-refractivity contribution < 1.29 is 13.2 Å². The van der Waals surface area contributed by atoms with Gasteiger partial charge in [-0.2, -0.15) is 13.2 Å². The SMILES string of the molecule is Nc1nc(CC(F)(F)F)nc(-c2ccccc2)c1I. The van der Waals surface area contributed by atoms with E-state index < -0.39 is 12.6 Å². The van der Waals surface area contributed by atoms with Crippen molar-refractivity contribution in [2.45, 2.75) is 12.6 Å². The normalized spacial score (nSPS) is 11.6. The van der Waals surface area contributed by atoms with E-state index in [1.165, 1.54) is 0 Å². The number of alkyl halides is 3. The maximum Gasteiger partial charge on any atom is 0.396 e. The quantitative estimate of drug-likeness (QED) is 0.814. The summed E-state index contributed by atoms with van der Waals surface area (Å²) in [5, 5.41) is 0. The summed E-state index contributed by atoms with van der Waals surface area (Å²) in [7, 11) is 0. The summed E-state index contributed by atoms with van der Waals surface area (Å²) in [6.45, 7) is 0. The first-order chi connectivity index (χ1) is 8.87. The van der Waals surface area contributed by atoms with E-state index in [4.69, 9.17) is 5.73 Å². The number of aromatic nitrogens is 2. The Kier molecular flexibility index (Phi) is 3.93. The van der Waals surface area contributed by atoms with E-state index >= 15 is 0 Å². The number of nitrogen functional groups attached to an aromatic ring is 1. The van der Waals surface area contributed by atoms with Crippen LogP contribution in [0.4, 0.5) is 19.0 Å². The van der Waals surface area contributed by atoms with Gasteiger partial charge in [-0.05, 0) is 22.6 Å². The molecular formula is C12H9F3IN3. The summed E-state index contributed by atoms with van der Waals surface area (Å²) < 4.78 is 37.7. The third kappa shape index (κ3) is 3.55. The molecule has 0 radical (unpaired) electrons. The van der Waals surface area contributed by atoms with Gasteiger partial charge in [0.05, 0.1) is 9.26 Å². The van der Waals surface area contributed by atoms with E-state index in [1.807, 2.05) is 28.7 Å². The Morgan fingerprint density at radius 1 is 1.11 bits per heavy atom. The molecule has 0 unspecified atom stereocenters. The number of hydrogen-bond acceptors (Lipinski definition) is 3. The number of halogens is 4. The molecule has 19 heavy (non-hydrogen) atoms. The van der Waals surface area contributed by atoms with Gasteiger partial charge in [-0.15, -0.1) is 0 Å². The minimum atomic E-state index is -4.35. The van der Waals surface area contributed by atoms with Crippen LogP contribution in [0.3, 0.4) is 0 Å². The Balaban J connectivity index is 2.49. The first-order valence-electron chi connectivity index (χ1n) is 5.31. The summed E-state index contributed by atoms with van der Waals surface area (Å²) in [5.41, 5.74) is 6.79. The molecule has 100 valence electrons. The molecule has 1 aromatic heterocycles. The fourth-order valence-corrected chi connectivity index (χ4v) is 2.11. The Hall–Kier alpha value is -1.38. The Bertz CT molecular complexity index is 585. The lowest BCUT2D eigenvalue weighted by Gasteiger charge is -2.10. The van der Waals surface area contributed by atoms with Crippen molar-refractivity contribution in [1.29, 1.82) is 0 Å². The lowest BCUT2D eigenvalue weighted by molar-refractivity contribution is -0.128. The molecule has 7 heteroatoms. The average molecular weight is 379 g/mol. The van der Waals surface area contributed by atoms with Gasteiger partial charge in [0.25, 0.3) is 0 Å². The fraction of sp³-hybridized carbons (Fsp3) is 0.167. The van der Waals surface area contributed by atoms with Gasteiger partial charge in [0.2, 0.25) is 0 Å². The van der Waals surface area contributed by atoms with E-state index in [1.54, 1.807) is 24.3 Å². The van der Waals surface area contributed by atoms with Crippen LogP contribution in [-0.2, 0) is 6.42 Å². The Morgan fingerprint density at radius 3 is 2.32 bits per heavy atom. The Morgan fingerprint density at radius 2 is 1.74 bits per heavy atom. The van der Waals surface area contributed by atoms with Crippen molar-refractivity contribution in [1.82, 2.24) is 9.97 Å². The molecule has 0 aliphatic carbocycles. The number of rotatable bonds is 2. The predicted octanol–water partition coefficient (Wildman–Crippen LogP) is 3.44. The average Bonchev–Trinajstić information content (AvgIpc) is 2.33. The van der Waals surface area contributed by atoms with Crippen LogP contribution < -0.4 is 5.73 Å². The molecule has 0 spiro atoms. The molecule has 1 aromatic carbocycles. The highest BCUT2D eigenvalue weighted by molar-refractivity contribution is 14.1. The minimum absolute atomic E-state index is 0.0636. The van der Waals surface area contributed by atoms with Crippen LogP contribution in [0.15, 0.2) is 30.3 Å². The van der Waals surface area contributed by atoms with Crippen LogP contribution in [-0.4, -0.2) is 16.1 Å². The topological polar surface area (TPSA) is 51.8 Å². The third-order valence-corrected chi connectivity index (χ3v) is 3.39. The van der Waals surface area contributed by atoms with E-state index in [9.17, 15) is 13.2 Å². The molecule has 0 amide bonds. The standard InChI is InChI=1S/C12H9F3IN3/c13-12(14,15)6-8-18-10(9(16)11(17)19-8)7-4-2-1-3-5-7/h1-5H,6H2,(H2,17,18,19). The zero-order chi connectivity index (χ0) is 14.0. The lowest BCUT2D eigenvalue weighted by Crippen LogP contribution is -2.16. The van der Waals surface area contributed by atoms with Gasteiger partial charge in [0, 0.05) is 5.56 Å². The van der Waals surface area contributed by atoms with Gasteiger partial charge in [-0.25, -0.2) is 9.97 Å². The van der Waals surface area contributed by atoms with Crippen LogP contribution >= 0.6 is 22.6 Å². The number of anilines is 1. The molecule has 0 atom stereocenters. The predicted molar refractivity (Wildman–Crippen MR) is 74.4 cm³/mol. The van der Waals surface area contributed by atoms with Crippen molar-refractivity contribution in [3.05, 3.63) is 39.7 Å². The lowest BCUT2D eigenvalue weighted by atomic mass is 10.1. The molecule has 0 saturated carbocycles. The van der Waals surface area contributed by atoms with Crippen LogP contribution in [0.25, 0.3) is 11.3 Å². The first-order valence-corrected chi connectivity index (χ1v) is 6.39. The first kappa shape index (κ1) is 14.0. The number of benzene rings is 1. The van der Waals surface area contributed by atoms with Crippen molar-refractivity contribution in [3.8, 4) is 11.3 Å². The van der Waals surface area contributed by atoms with Crippen LogP contribution in [0.2, 0.25) is 0 Å². The van der Waals surface area contributed by atoms with Crippen molar-refractivity contribution in [2.24, 2.45) is 0 Å². The molecule has 2 N–H and O–H groups in total. The summed E-state index contributed by atoms with van der Waals surface area (Å²) in [6.07, 6.45) is -5.54. The molecule has 0 fully saturated rings. The zero-order valence-corrected chi connectivity index (χ0v) is 11.7. The van der Waals surface area contributed by atoms with E-state index in [0.717, 1.165) is 0 Å². The second-order valence-corrected chi connectivity index (χ2v) is 4.92. The highest BCUT2D eigenvalue weighted by atomic mass is 127. The number of hydrogen-bond donors (Lipinski definition) is 1. The van der Waals surface area contributed by atoms with Crippen molar-refractivity contribution in [2.75, 3.05) is 5.73 Å². The molecule has 2 rings (SSSR count). The number of nitrogens with two attached hydrogens (primary N) is 1. The largest absolute Gasteiger partial charge is 0.396 e. The monoisotopic (exact) mass is 379 g/mol. The molecule has 0 saturated heterocycles. The molecule has 3 nitrogen and oxygen atoms in total. The molecule has 0 aliphatic heterocycles. The minimum Gasteiger partial charge on any atom is -0.383 e. The van der Waals surface area contributed by atoms with Crippen LogP contribution in [0.5, 0.6) is 0 Å². The van der Waals surface area contributed by atoms with E-state index in [-0.39, 0.29) is 11.6 Å². The van der Waals surface area contributed by atoms with Crippen molar-refractivity contribution >= 4 is 28.4 Å². The summed E-state index contributed by atoms with van der Waals surface area (Å²) in [5.74, 6) is -0.252. The third-order valence-electron chi connectivity index (χ3n) is 2.33. The Labute approximate surface area is 121 Å². The zero-order valence-electron chi connectivity index (χ0n) is 9.58. The molecular weight excluding hydrogens is 370 g/mol. The highest BCUT2D eigenvalue weighted by Crippen LogP contribution is 2.28. The van der Waals surface area contributed by atoms with Gasteiger partial charge < -0.3 is 5.73 Å². The maximum absolute atomic E-state index is 12.4. The molecule has 0 bridgehead atoms. The fourth-order valence-electron chi connectivity index (χ4n) is 1.56.